The molecular formula is C20H18FN3O3S. The van der Waals surface area contributed by atoms with Crippen LogP contribution in [-0.2, 0) is 9.59 Å². The Kier molecular flexibility index (Phi) is 5.79. The summed E-state index contributed by atoms with van der Waals surface area (Å²) >= 11 is 0.773. The van der Waals surface area contributed by atoms with E-state index in [0.717, 1.165) is 27.9 Å². The average molecular weight is 399 g/mol. The van der Waals surface area contributed by atoms with Gasteiger partial charge in [0.1, 0.15) is 12.4 Å². The first-order chi connectivity index (χ1) is 13.3. The van der Waals surface area contributed by atoms with Crippen LogP contribution in [-0.4, -0.2) is 42.6 Å². The van der Waals surface area contributed by atoms with Crippen LogP contribution in [0.25, 0.3) is 6.08 Å². The van der Waals surface area contributed by atoms with Crippen molar-refractivity contribution in [3.8, 4) is 0 Å². The van der Waals surface area contributed by atoms with Gasteiger partial charge in [0.25, 0.3) is 11.1 Å². The second-order valence-electron chi connectivity index (χ2n) is 6.28. The molecule has 28 heavy (non-hydrogen) atoms. The van der Waals surface area contributed by atoms with Crippen LogP contribution in [0.15, 0.2) is 53.4 Å². The van der Waals surface area contributed by atoms with E-state index in [1.54, 1.807) is 12.1 Å². The highest BCUT2D eigenvalue weighted by molar-refractivity contribution is 8.18. The van der Waals surface area contributed by atoms with E-state index in [0.29, 0.717) is 0 Å². The molecule has 0 unspecified atom stereocenters. The fourth-order valence-corrected chi connectivity index (χ4v) is 3.39. The number of anilines is 2. The van der Waals surface area contributed by atoms with Crippen LogP contribution >= 0.6 is 11.8 Å². The summed E-state index contributed by atoms with van der Waals surface area (Å²) in [5, 5.41) is 1.83. The fraction of sp³-hybridized carbons (Fsp3) is 0.150. The number of para-hydroxylation sites is 1. The molecule has 0 saturated carbocycles. The Morgan fingerprint density at radius 3 is 2.46 bits per heavy atom. The molecule has 0 aliphatic carbocycles. The molecule has 8 heteroatoms. The Bertz CT molecular complexity index is 957. The lowest BCUT2D eigenvalue weighted by Gasteiger charge is -2.13. The van der Waals surface area contributed by atoms with Gasteiger partial charge in [-0.05, 0) is 47.7 Å². The molecule has 0 spiro atoms. The van der Waals surface area contributed by atoms with Crippen molar-refractivity contribution in [1.29, 1.82) is 0 Å². The van der Waals surface area contributed by atoms with Gasteiger partial charge >= 0.3 is 0 Å². The lowest BCUT2D eigenvalue weighted by Crippen LogP contribution is -2.36. The standard InChI is InChI=1S/C20H18FN3O3S/c1-23(2)14-9-7-13(8-10-14)11-17-19(26)24(20(27)28-17)12-18(25)22-16-6-4-3-5-15(16)21/h3-11H,12H2,1-2H3,(H,22,25)/b17-11+. The summed E-state index contributed by atoms with van der Waals surface area (Å²) in [4.78, 5) is 39.8. The topological polar surface area (TPSA) is 69.7 Å². The zero-order valence-electron chi connectivity index (χ0n) is 15.3. The van der Waals surface area contributed by atoms with Gasteiger partial charge in [0.05, 0.1) is 10.6 Å². The molecular weight excluding hydrogens is 381 g/mol. The third-order valence-corrected chi connectivity index (χ3v) is 4.94. The Labute approximate surface area is 166 Å². The smallest absolute Gasteiger partial charge is 0.294 e. The van der Waals surface area contributed by atoms with Gasteiger partial charge in [-0.1, -0.05) is 24.3 Å². The Morgan fingerprint density at radius 2 is 1.82 bits per heavy atom. The van der Waals surface area contributed by atoms with E-state index in [4.69, 9.17) is 0 Å². The van der Waals surface area contributed by atoms with E-state index < -0.39 is 29.4 Å². The maximum Gasteiger partial charge on any atom is 0.294 e. The molecule has 0 radical (unpaired) electrons. The van der Waals surface area contributed by atoms with Crippen molar-refractivity contribution in [3.05, 3.63) is 64.8 Å². The number of amides is 3. The third-order valence-electron chi connectivity index (χ3n) is 4.03. The second kappa shape index (κ2) is 8.26. The predicted octanol–water partition coefficient (Wildman–Crippen LogP) is 3.57. The minimum absolute atomic E-state index is 0.00371. The molecule has 144 valence electrons. The van der Waals surface area contributed by atoms with Crippen molar-refractivity contribution in [2.45, 2.75) is 0 Å². The second-order valence-corrected chi connectivity index (χ2v) is 7.28. The molecule has 6 nitrogen and oxygen atoms in total. The zero-order chi connectivity index (χ0) is 20.3. The lowest BCUT2D eigenvalue weighted by atomic mass is 10.2. The molecule has 1 N–H and O–H groups in total. The number of carbonyl (C=O) groups excluding carboxylic acids is 3. The fourth-order valence-electron chi connectivity index (χ4n) is 2.55. The van der Waals surface area contributed by atoms with E-state index in [1.165, 1.54) is 18.2 Å². The summed E-state index contributed by atoms with van der Waals surface area (Å²) < 4.78 is 13.6. The number of nitrogens with zero attached hydrogens (tertiary/aromatic N) is 2. The summed E-state index contributed by atoms with van der Waals surface area (Å²) in [6, 6.07) is 13.2. The van der Waals surface area contributed by atoms with Crippen molar-refractivity contribution < 1.29 is 18.8 Å². The molecule has 2 aromatic carbocycles. The molecule has 1 aliphatic heterocycles. The van der Waals surface area contributed by atoms with Gasteiger partial charge in [-0.15, -0.1) is 0 Å². The van der Waals surface area contributed by atoms with Gasteiger partial charge in [0.2, 0.25) is 5.91 Å². The zero-order valence-corrected chi connectivity index (χ0v) is 16.1. The largest absolute Gasteiger partial charge is 0.378 e. The van der Waals surface area contributed by atoms with Crippen LogP contribution < -0.4 is 10.2 Å². The first kappa shape index (κ1) is 19.6. The van der Waals surface area contributed by atoms with Gasteiger partial charge in [-0.25, -0.2) is 4.39 Å². The number of hydrogen-bond acceptors (Lipinski definition) is 5. The highest BCUT2D eigenvalue weighted by Crippen LogP contribution is 2.32. The summed E-state index contributed by atoms with van der Waals surface area (Å²) in [6.07, 6.45) is 1.61. The average Bonchev–Trinajstić information content (AvgIpc) is 2.91. The molecule has 1 aliphatic rings. The number of benzene rings is 2. The van der Waals surface area contributed by atoms with Crippen LogP contribution in [0.1, 0.15) is 5.56 Å². The number of halogens is 1. The van der Waals surface area contributed by atoms with Gasteiger partial charge < -0.3 is 10.2 Å². The van der Waals surface area contributed by atoms with E-state index >= 15 is 0 Å². The van der Waals surface area contributed by atoms with Gasteiger partial charge in [-0.2, -0.15) is 0 Å². The number of nitrogens with one attached hydrogen (secondary N) is 1. The molecule has 0 aromatic heterocycles. The van der Waals surface area contributed by atoms with Gasteiger partial charge in [-0.3, -0.25) is 19.3 Å². The molecule has 1 saturated heterocycles. The minimum atomic E-state index is -0.649. The van der Waals surface area contributed by atoms with E-state index in [1.807, 2.05) is 43.3 Å². The highest BCUT2D eigenvalue weighted by Gasteiger charge is 2.36. The number of rotatable bonds is 5. The van der Waals surface area contributed by atoms with Crippen molar-refractivity contribution in [2.24, 2.45) is 0 Å². The number of imide groups is 1. The number of carbonyl (C=O) groups is 3. The SMILES string of the molecule is CN(C)c1ccc(/C=C2/SC(=O)N(CC(=O)Nc3ccccc3F)C2=O)cc1. The van der Waals surface area contributed by atoms with Crippen molar-refractivity contribution in [1.82, 2.24) is 4.90 Å². The third kappa shape index (κ3) is 4.40. The molecule has 1 heterocycles. The van der Waals surface area contributed by atoms with E-state index in [2.05, 4.69) is 5.32 Å². The summed E-state index contributed by atoms with van der Waals surface area (Å²) in [7, 11) is 3.85. The summed E-state index contributed by atoms with van der Waals surface area (Å²) in [6.45, 7) is -0.476. The normalized spacial score (nSPS) is 15.2. The molecule has 1 fully saturated rings. The Hall–Kier alpha value is -3.13. The van der Waals surface area contributed by atoms with Crippen LogP contribution in [0.5, 0.6) is 0 Å². The minimum Gasteiger partial charge on any atom is -0.378 e. The molecule has 0 bridgehead atoms. The van der Waals surface area contributed by atoms with E-state index in [-0.39, 0.29) is 10.6 Å². The Balaban J connectivity index is 1.69. The van der Waals surface area contributed by atoms with Crippen molar-refractivity contribution in [3.63, 3.8) is 0 Å². The van der Waals surface area contributed by atoms with Crippen LogP contribution in [0.3, 0.4) is 0 Å². The maximum absolute atomic E-state index is 13.6. The predicted molar refractivity (Wildman–Crippen MR) is 108 cm³/mol. The molecule has 0 atom stereocenters. The van der Waals surface area contributed by atoms with Gasteiger partial charge in [0, 0.05) is 19.8 Å². The Morgan fingerprint density at radius 1 is 1.14 bits per heavy atom. The maximum atomic E-state index is 13.6. The lowest BCUT2D eigenvalue weighted by molar-refractivity contribution is -0.127. The van der Waals surface area contributed by atoms with Crippen LogP contribution in [0, 0.1) is 5.82 Å². The summed E-state index contributed by atoms with van der Waals surface area (Å²) in [5.41, 5.74) is 1.78. The van der Waals surface area contributed by atoms with Gasteiger partial charge in [0.15, 0.2) is 0 Å². The molecule has 3 amide bonds. The van der Waals surface area contributed by atoms with Crippen LogP contribution in [0.4, 0.5) is 20.6 Å². The van der Waals surface area contributed by atoms with Crippen molar-refractivity contribution >= 4 is 46.3 Å². The summed E-state index contributed by atoms with van der Waals surface area (Å²) in [5.74, 6) is -1.79. The molecule has 2 aromatic rings. The molecule has 3 rings (SSSR count). The number of thioether (sulfide) groups is 1. The first-order valence-corrected chi connectivity index (χ1v) is 9.24. The van der Waals surface area contributed by atoms with Crippen molar-refractivity contribution in [2.75, 3.05) is 30.9 Å². The monoisotopic (exact) mass is 399 g/mol. The number of hydrogen-bond donors (Lipinski definition) is 1. The first-order valence-electron chi connectivity index (χ1n) is 8.42. The quantitative estimate of drug-likeness (QED) is 0.779. The van der Waals surface area contributed by atoms with Crippen LogP contribution in [0.2, 0.25) is 0 Å². The highest BCUT2D eigenvalue weighted by atomic mass is 32.2. The van der Waals surface area contributed by atoms with E-state index in [9.17, 15) is 18.8 Å².